The third-order valence-corrected chi connectivity index (χ3v) is 6.36. The number of fused-ring (bicyclic) bond motifs is 3. The summed E-state index contributed by atoms with van der Waals surface area (Å²) < 4.78 is 23.9. The van der Waals surface area contributed by atoms with E-state index < -0.39 is 22.8 Å². The molecular formula is C25H24BrNO7. The number of aromatic nitrogens is 1. The van der Waals surface area contributed by atoms with E-state index in [4.69, 9.17) is 18.9 Å². The van der Waals surface area contributed by atoms with E-state index in [1.54, 1.807) is 25.3 Å². The van der Waals surface area contributed by atoms with Crippen molar-refractivity contribution in [3.8, 4) is 34.3 Å². The molecule has 1 aliphatic heterocycles. The number of benzene rings is 2. The monoisotopic (exact) mass is 529 g/mol. The molecule has 8 nitrogen and oxygen atoms in total. The Labute approximate surface area is 204 Å². The lowest BCUT2D eigenvalue weighted by Crippen LogP contribution is -2.30. The lowest BCUT2D eigenvalue weighted by atomic mass is 9.93. The highest BCUT2D eigenvalue weighted by Gasteiger charge is 2.33. The summed E-state index contributed by atoms with van der Waals surface area (Å²) in [6.45, 7) is 2.18. The highest BCUT2D eigenvalue weighted by Crippen LogP contribution is 2.44. The van der Waals surface area contributed by atoms with Gasteiger partial charge in [0.1, 0.15) is 23.0 Å². The number of rotatable bonds is 5. The maximum absolute atomic E-state index is 13.7. The average Bonchev–Trinajstić information content (AvgIpc) is 2.97. The maximum atomic E-state index is 13.7. The molecule has 1 aliphatic rings. The molecule has 0 aliphatic carbocycles. The molecule has 2 aromatic carbocycles. The van der Waals surface area contributed by atoms with Gasteiger partial charge in [-0.05, 0) is 30.3 Å². The zero-order valence-corrected chi connectivity index (χ0v) is 20.8. The second-order valence-corrected chi connectivity index (χ2v) is 8.81. The Morgan fingerprint density at radius 2 is 1.94 bits per heavy atom. The maximum Gasteiger partial charge on any atom is 0.347 e. The summed E-state index contributed by atoms with van der Waals surface area (Å²) in [4.78, 5) is 26.2. The number of halogens is 1. The van der Waals surface area contributed by atoms with Crippen molar-refractivity contribution in [1.82, 2.24) is 4.57 Å². The molecule has 34 heavy (non-hydrogen) atoms. The van der Waals surface area contributed by atoms with Crippen LogP contribution < -0.4 is 19.8 Å². The van der Waals surface area contributed by atoms with Crippen molar-refractivity contribution in [3.63, 3.8) is 0 Å². The number of esters is 1. The number of pyridine rings is 1. The minimum absolute atomic E-state index is 0.0703. The van der Waals surface area contributed by atoms with Gasteiger partial charge >= 0.3 is 5.97 Å². The van der Waals surface area contributed by atoms with Crippen molar-refractivity contribution in [2.24, 2.45) is 0 Å². The minimum atomic E-state index is -0.908. The van der Waals surface area contributed by atoms with Gasteiger partial charge in [0.2, 0.25) is 0 Å². The molecule has 0 saturated carbocycles. The van der Waals surface area contributed by atoms with Crippen LogP contribution in [0.1, 0.15) is 34.3 Å². The molecule has 0 amide bonds. The van der Waals surface area contributed by atoms with Crippen molar-refractivity contribution in [3.05, 3.63) is 67.9 Å². The summed E-state index contributed by atoms with van der Waals surface area (Å²) in [7, 11) is 4.25. The first kappa shape index (κ1) is 23.7. The Balaban J connectivity index is 2.07. The predicted octanol–water partition coefficient (Wildman–Crippen LogP) is 4.33. The fourth-order valence-electron chi connectivity index (χ4n) is 4.19. The van der Waals surface area contributed by atoms with Gasteiger partial charge in [0.15, 0.2) is 5.56 Å². The molecule has 0 spiro atoms. The fourth-order valence-corrected chi connectivity index (χ4v) is 4.53. The number of carbonyl (C=O) groups excluding carboxylic acids is 1. The van der Waals surface area contributed by atoms with Gasteiger partial charge in [-0.1, -0.05) is 22.9 Å². The normalized spacial score (nSPS) is 14.3. The SMILES string of the molecule is COC(=O)c1c(O)c2c(n(Cc3ccc(OC)cc3OC)c1=O)-c1ccc(Br)cc1OCC2C. The summed E-state index contributed by atoms with van der Waals surface area (Å²) in [5.74, 6) is 0.0478. The van der Waals surface area contributed by atoms with Gasteiger partial charge in [-0.15, -0.1) is 0 Å². The van der Waals surface area contributed by atoms with Crippen LogP contribution in [-0.4, -0.2) is 43.6 Å². The molecule has 1 N–H and O–H groups in total. The van der Waals surface area contributed by atoms with Crippen LogP contribution >= 0.6 is 15.9 Å². The molecule has 0 fully saturated rings. The Morgan fingerprint density at radius 1 is 1.18 bits per heavy atom. The molecule has 3 aromatic rings. The van der Waals surface area contributed by atoms with Crippen molar-refractivity contribution in [2.45, 2.75) is 19.4 Å². The van der Waals surface area contributed by atoms with Crippen molar-refractivity contribution in [1.29, 1.82) is 0 Å². The highest BCUT2D eigenvalue weighted by atomic mass is 79.9. The first-order valence-electron chi connectivity index (χ1n) is 10.5. The van der Waals surface area contributed by atoms with Crippen molar-refractivity contribution in [2.75, 3.05) is 27.9 Å². The molecule has 4 rings (SSSR count). The topological polar surface area (TPSA) is 96.2 Å². The molecule has 0 bridgehead atoms. The van der Waals surface area contributed by atoms with E-state index in [-0.39, 0.29) is 19.1 Å². The van der Waals surface area contributed by atoms with Crippen LogP contribution in [0.2, 0.25) is 0 Å². The van der Waals surface area contributed by atoms with Crippen LogP contribution in [0.25, 0.3) is 11.3 Å². The number of aromatic hydroxyl groups is 1. The van der Waals surface area contributed by atoms with E-state index in [1.807, 2.05) is 25.1 Å². The number of hydrogen-bond donors (Lipinski definition) is 1. The molecule has 9 heteroatoms. The van der Waals surface area contributed by atoms with Gasteiger partial charge in [-0.2, -0.15) is 0 Å². The summed E-state index contributed by atoms with van der Waals surface area (Å²) in [6.07, 6.45) is 0. The van der Waals surface area contributed by atoms with Crippen LogP contribution in [0, 0.1) is 0 Å². The lowest BCUT2D eigenvalue weighted by Gasteiger charge is -2.22. The molecule has 178 valence electrons. The summed E-state index contributed by atoms with van der Waals surface area (Å²) >= 11 is 3.46. The van der Waals surface area contributed by atoms with Crippen LogP contribution in [0.4, 0.5) is 0 Å². The van der Waals surface area contributed by atoms with E-state index >= 15 is 0 Å². The van der Waals surface area contributed by atoms with Crippen LogP contribution in [0.5, 0.6) is 23.0 Å². The molecule has 1 atom stereocenters. The van der Waals surface area contributed by atoms with E-state index in [0.717, 1.165) is 4.47 Å². The summed E-state index contributed by atoms with van der Waals surface area (Å²) in [5, 5.41) is 11.1. The molecule has 1 unspecified atom stereocenters. The zero-order valence-electron chi connectivity index (χ0n) is 19.2. The number of hydrogen-bond acceptors (Lipinski definition) is 7. The van der Waals surface area contributed by atoms with Crippen LogP contribution in [0.3, 0.4) is 0 Å². The first-order chi connectivity index (χ1) is 16.3. The number of methoxy groups -OCH3 is 3. The predicted molar refractivity (Wildman–Crippen MR) is 129 cm³/mol. The molecule has 0 radical (unpaired) electrons. The van der Waals surface area contributed by atoms with Gasteiger partial charge in [0.25, 0.3) is 5.56 Å². The summed E-state index contributed by atoms with van der Waals surface area (Å²) in [6, 6.07) is 10.7. The van der Waals surface area contributed by atoms with E-state index in [2.05, 4.69) is 15.9 Å². The Hall–Kier alpha value is -3.46. The third-order valence-electron chi connectivity index (χ3n) is 5.87. The number of ether oxygens (including phenoxy) is 4. The van der Waals surface area contributed by atoms with Gasteiger partial charge in [-0.25, -0.2) is 4.79 Å². The van der Waals surface area contributed by atoms with Crippen molar-refractivity contribution < 1.29 is 28.8 Å². The smallest absolute Gasteiger partial charge is 0.347 e. The number of nitrogens with zero attached hydrogens (tertiary/aromatic N) is 1. The Bertz CT molecular complexity index is 1330. The lowest BCUT2D eigenvalue weighted by molar-refractivity contribution is 0.0594. The molecular weight excluding hydrogens is 506 g/mol. The molecule has 1 aromatic heterocycles. The number of carbonyl (C=O) groups is 1. The Morgan fingerprint density at radius 3 is 2.62 bits per heavy atom. The zero-order chi connectivity index (χ0) is 24.6. The molecule has 0 saturated heterocycles. The third kappa shape index (κ3) is 4.00. The molecule has 2 heterocycles. The van der Waals surface area contributed by atoms with E-state index in [1.165, 1.54) is 18.8 Å². The Kier molecular flexibility index (Phi) is 6.56. The van der Waals surface area contributed by atoms with Gasteiger partial charge < -0.3 is 28.6 Å². The highest BCUT2D eigenvalue weighted by molar-refractivity contribution is 9.10. The van der Waals surface area contributed by atoms with Gasteiger partial charge in [0.05, 0.1) is 40.2 Å². The average molecular weight is 530 g/mol. The van der Waals surface area contributed by atoms with Gasteiger partial charge in [-0.3, -0.25) is 4.79 Å². The van der Waals surface area contributed by atoms with E-state index in [9.17, 15) is 14.7 Å². The standard InChI is InChI=1S/C25H24BrNO7/c1-13-12-34-19-9-15(26)6-8-17(19)22-20(13)23(28)21(25(30)33-4)24(29)27(22)11-14-5-7-16(31-2)10-18(14)32-3/h5-10,13,28H,11-12H2,1-4H3. The quantitative estimate of drug-likeness (QED) is 0.491. The van der Waals surface area contributed by atoms with Crippen LogP contribution in [0.15, 0.2) is 45.7 Å². The van der Waals surface area contributed by atoms with Crippen LogP contribution in [-0.2, 0) is 11.3 Å². The van der Waals surface area contributed by atoms with Gasteiger partial charge in [0, 0.05) is 33.1 Å². The second-order valence-electron chi connectivity index (χ2n) is 7.90. The van der Waals surface area contributed by atoms with Crippen molar-refractivity contribution >= 4 is 21.9 Å². The van der Waals surface area contributed by atoms with E-state index in [0.29, 0.717) is 39.6 Å². The largest absolute Gasteiger partial charge is 0.506 e. The summed E-state index contributed by atoms with van der Waals surface area (Å²) in [5.41, 5.74) is 1.13. The first-order valence-corrected chi connectivity index (χ1v) is 11.3. The second kappa shape index (κ2) is 9.42. The minimum Gasteiger partial charge on any atom is -0.506 e. The fraction of sp³-hybridized carbons (Fsp3) is 0.280.